The van der Waals surface area contributed by atoms with Crippen molar-refractivity contribution in [3.8, 4) is 11.1 Å². The monoisotopic (exact) mass is 445 g/mol. The van der Waals surface area contributed by atoms with Crippen LogP contribution in [-0.4, -0.2) is 58.6 Å². The second-order valence-electron chi connectivity index (χ2n) is 9.74. The Morgan fingerprint density at radius 3 is 2.61 bits per heavy atom. The van der Waals surface area contributed by atoms with Crippen LogP contribution in [-0.2, 0) is 16.1 Å². The quantitative estimate of drug-likeness (QED) is 0.597. The number of likely N-dealkylation sites (tertiary alicyclic amines) is 1. The maximum atomic E-state index is 15.0. The molecule has 3 heterocycles. The molecule has 0 N–H and O–H groups in total. The lowest BCUT2D eigenvalue weighted by Gasteiger charge is -2.47. The zero-order valence-corrected chi connectivity index (χ0v) is 18.7. The summed E-state index contributed by atoms with van der Waals surface area (Å²) < 4.78 is 21.1. The number of nitrogens with zero attached hydrogens (tertiary/aromatic N) is 3. The molecule has 3 fully saturated rings. The molecule has 6 rings (SSSR count). The minimum absolute atomic E-state index is 0.135. The topological polar surface area (TPSA) is 45.7 Å². The number of rotatable bonds is 4. The van der Waals surface area contributed by atoms with Gasteiger partial charge < -0.3 is 9.64 Å². The first-order valence-corrected chi connectivity index (χ1v) is 11.9. The van der Waals surface area contributed by atoms with E-state index < -0.39 is 0 Å². The molecule has 0 atom stereocenters. The fourth-order valence-electron chi connectivity index (χ4n) is 5.24. The molecule has 1 saturated carbocycles. The Hall–Kier alpha value is -2.83. The van der Waals surface area contributed by atoms with Crippen LogP contribution in [0.4, 0.5) is 4.39 Å². The van der Waals surface area contributed by atoms with Crippen molar-refractivity contribution in [2.45, 2.75) is 43.9 Å². The predicted octanol–water partition coefficient (Wildman–Crippen LogP) is 4.40. The smallest absolute Gasteiger partial charge is 0.248 e. The Kier molecular flexibility index (Phi) is 5.15. The summed E-state index contributed by atoms with van der Waals surface area (Å²) in [4.78, 5) is 20.7. The summed E-state index contributed by atoms with van der Waals surface area (Å²) in [5.74, 6) is -0.0334. The van der Waals surface area contributed by atoms with Crippen LogP contribution in [0.5, 0.6) is 0 Å². The summed E-state index contributed by atoms with van der Waals surface area (Å²) >= 11 is 0. The highest BCUT2D eigenvalue weighted by molar-refractivity contribution is 5.86. The number of piperidine rings is 1. The Morgan fingerprint density at radius 2 is 1.82 bits per heavy atom. The minimum atomic E-state index is -0.222. The van der Waals surface area contributed by atoms with Crippen molar-refractivity contribution >= 4 is 16.7 Å². The summed E-state index contributed by atoms with van der Waals surface area (Å²) in [5.41, 5.74) is 2.36. The number of benzene rings is 2. The van der Waals surface area contributed by atoms with Gasteiger partial charge in [0.25, 0.3) is 0 Å². The van der Waals surface area contributed by atoms with Crippen molar-refractivity contribution in [3.05, 3.63) is 66.2 Å². The lowest BCUT2D eigenvalue weighted by atomic mass is 9.89. The van der Waals surface area contributed by atoms with Crippen LogP contribution in [0.1, 0.15) is 31.2 Å². The summed E-state index contributed by atoms with van der Waals surface area (Å²) in [5, 5.41) is 2.17. The first kappa shape index (κ1) is 20.8. The number of hydrogen-bond donors (Lipinski definition) is 0. The van der Waals surface area contributed by atoms with Crippen LogP contribution in [0.3, 0.4) is 0 Å². The zero-order valence-electron chi connectivity index (χ0n) is 18.7. The van der Waals surface area contributed by atoms with Gasteiger partial charge in [-0.1, -0.05) is 24.3 Å². The molecule has 170 valence electrons. The van der Waals surface area contributed by atoms with E-state index in [0.717, 1.165) is 66.2 Å². The third-order valence-electron chi connectivity index (χ3n) is 7.46. The van der Waals surface area contributed by atoms with Crippen LogP contribution >= 0.6 is 0 Å². The highest BCUT2D eigenvalue weighted by Gasteiger charge is 2.46. The Labute approximate surface area is 193 Å². The van der Waals surface area contributed by atoms with Crippen molar-refractivity contribution in [2.75, 3.05) is 26.2 Å². The number of amides is 1. The summed E-state index contributed by atoms with van der Waals surface area (Å²) in [6, 6.07) is 14.1. The van der Waals surface area contributed by atoms with Crippen molar-refractivity contribution in [3.63, 3.8) is 0 Å². The number of pyridine rings is 1. The molecule has 5 nitrogen and oxygen atoms in total. The molecule has 3 aromatic rings. The molecule has 1 aromatic heterocycles. The molecule has 1 spiro atoms. The molecular formula is C27H28FN3O2. The second kappa shape index (κ2) is 8.19. The molecule has 0 bridgehead atoms. The number of carbonyl (C=O) groups is 1. The second-order valence-corrected chi connectivity index (χ2v) is 9.74. The number of carbonyl (C=O) groups excluding carboxylic acids is 1. The SMILES string of the molecule is O=C1COC2(CCN(Cc3ccc(-c4ccc5ccncc5c4)cc3F)CC2)CN1C1CC1. The van der Waals surface area contributed by atoms with Crippen LogP contribution < -0.4 is 0 Å². The highest BCUT2D eigenvalue weighted by Crippen LogP contribution is 2.36. The van der Waals surface area contributed by atoms with Crippen LogP contribution in [0, 0.1) is 5.82 Å². The van der Waals surface area contributed by atoms with Crippen LogP contribution in [0.2, 0.25) is 0 Å². The van der Waals surface area contributed by atoms with E-state index >= 15 is 4.39 Å². The van der Waals surface area contributed by atoms with E-state index in [4.69, 9.17) is 4.74 Å². The first-order valence-electron chi connectivity index (χ1n) is 11.9. The van der Waals surface area contributed by atoms with E-state index in [1.54, 1.807) is 12.3 Å². The molecule has 2 saturated heterocycles. The molecule has 2 aromatic carbocycles. The molecule has 6 heteroatoms. The fraction of sp³-hybridized carbons (Fsp3) is 0.407. The molecule has 33 heavy (non-hydrogen) atoms. The van der Waals surface area contributed by atoms with E-state index in [1.807, 2.05) is 41.4 Å². The third kappa shape index (κ3) is 4.13. The lowest BCUT2D eigenvalue weighted by Crippen LogP contribution is -2.59. The van der Waals surface area contributed by atoms with Crippen molar-refractivity contribution in [1.29, 1.82) is 0 Å². The molecule has 1 amide bonds. The lowest BCUT2D eigenvalue weighted by molar-refractivity contribution is -0.172. The van der Waals surface area contributed by atoms with Gasteiger partial charge in [0.05, 0.1) is 12.1 Å². The summed E-state index contributed by atoms with van der Waals surface area (Å²) in [6.07, 6.45) is 7.63. The van der Waals surface area contributed by atoms with Gasteiger partial charge in [0.1, 0.15) is 12.4 Å². The van der Waals surface area contributed by atoms with Crippen molar-refractivity contribution in [2.24, 2.45) is 0 Å². The maximum absolute atomic E-state index is 15.0. The molecule has 2 aliphatic heterocycles. The van der Waals surface area contributed by atoms with Gasteiger partial charge in [-0.3, -0.25) is 14.7 Å². The fourth-order valence-corrected chi connectivity index (χ4v) is 5.24. The highest BCUT2D eigenvalue weighted by atomic mass is 19.1. The largest absolute Gasteiger partial charge is 0.363 e. The van der Waals surface area contributed by atoms with E-state index in [0.29, 0.717) is 19.1 Å². The minimum Gasteiger partial charge on any atom is -0.363 e. The molecule has 0 unspecified atom stereocenters. The van der Waals surface area contributed by atoms with Gasteiger partial charge >= 0.3 is 0 Å². The standard InChI is InChI=1S/C27H28FN3O2/c28-25-14-21(20-2-1-19-7-10-29-15-23(19)13-20)3-4-22(25)16-30-11-8-27(9-12-30)18-31(24-5-6-24)26(32)17-33-27/h1-4,7,10,13-15,24H,5-6,8-9,11-12,16-18H2. The number of aromatic nitrogens is 1. The van der Waals surface area contributed by atoms with Crippen LogP contribution in [0.25, 0.3) is 21.9 Å². The summed E-state index contributed by atoms with van der Waals surface area (Å²) in [6.45, 7) is 3.22. The average molecular weight is 446 g/mol. The van der Waals surface area contributed by atoms with Gasteiger partial charge in [0.15, 0.2) is 0 Å². The number of ether oxygens (including phenoxy) is 1. The first-order chi connectivity index (χ1) is 16.1. The van der Waals surface area contributed by atoms with Crippen molar-refractivity contribution in [1.82, 2.24) is 14.8 Å². The molecule has 1 aliphatic carbocycles. The zero-order chi connectivity index (χ0) is 22.4. The number of halogens is 1. The predicted molar refractivity (Wildman–Crippen MR) is 125 cm³/mol. The molecule has 0 radical (unpaired) electrons. The number of morpholine rings is 1. The normalized spacial score (nSPS) is 21.1. The van der Waals surface area contributed by atoms with Gasteiger partial charge in [-0.05, 0) is 60.4 Å². The van der Waals surface area contributed by atoms with Crippen molar-refractivity contribution < 1.29 is 13.9 Å². The Morgan fingerprint density at radius 1 is 1.03 bits per heavy atom. The number of fused-ring (bicyclic) bond motifs is 1. The third-order valence-corrected chi connectivity index (χ3v) is 7.46. The molecule has 3 aliphatic rings. The van der Waals surface area contributed by atoms with E-state index in [9.17, 15) is 4.79 Å². The summed E-state index contributed by atoms with van der Waals surface area (Å²) in [7, 11) is 0. The Bertz CT molecular complexity index is 1200. The van der Waals surface area contributed by atoms with E-state index in [2.05, 4.69) is 16.0 Å². The average Bonchev–Trinajstić information content (AvgIpc) is 3.69. The van der Waals surface area contributed by atoms with Gasteiger partial charge in [-0.25, -0.2) is 4.39 Å². The maximum Gasteiger partial charge on any atom is 0.248 e. The number of hydrogen-bond acceptors (Lipinski definition) is 4. The van der Waals surface area contributed by atoms with Gasteiger partial charge in [0, 0.05) is 49.0 Å². The van der Waals surface area contributed by atoms with Gasteiger partial charge in [0.2, 0.25) is 5.91 Å². The van der Waals surface area contributed by atoms with E-state index in [1.165, 1.54) is 0 Å². The van der Waals surface area contributed by atoms with Gasteiger partial charge in [-0.15, -0.1) is 0 Å². The van der Waals surface area contributed by atoms with Crippen LogP contribution in [0.15, 0.2) is 54.9 Å². The molecular weight excluding hydrogens is 417 g/mol. The van der Waals surface area contributed by atoms with Gasteiger partial charge in [-0.2, -0.15) is 0 Å². The van der Waals surface area contributed by atoms with E-state index in [-0.39, 0.29) is 23.9 Å². The Balaban J connectivity index is 1.12.